The summed E-state index contributed by atoms with van der Waals surface area (Å²) < 4.78 is 4.87. The third-order valence-corrected chi connectivity index (χ3v) is 3.90. The number of esters is 1. The van der Waals surface area contributed by atoms with Crippen LogP contribution in [0.25, 0.3) is 10.9 Å². The minimum absolute atomic E-state index is 0.169. The number of hydrogen-bond acceptors (Lipinski definition) is 4. The van der Waals surface area contributed by atoms with Crippen LogP contribution in [0.15, 0.2) is 65.5 Å². The molecule has 0 saturated heterocycles. The fourth-order valence-corrected chi connectivity index (χ4v) is 2.64. The molecule has 1 atom stereocenters. The summed E-state index contributed by atoms with van der Waals surface area (Å²) in [7, 11) is 1.35. The van der Waals surface area contributed by atoms with Gasteiger partial charge < -0.3 is 9.72 Å². The van der Waals surface area contributed by atoms with Crippen molar-refractivity contribution in [3.8, 4) is 0 Å². The molecule has 122 valence electrons. The van der Waals surface area contributed by atoms with E-state index in [2.05, 4.69) is 10.3 Å². The van der Waals surface area contributed by atoms with E-state index >= 15 is 0 Å². The number of pyridine rings is 1. The number of H-pyrrole nitrogens is 1. The van der Waals surface area contributed by atoms with Gasteiger partial charge in [-0.05, 0) is 23.1 Å². The number of methoxy groups -OCH3 is 1. The molecule has 0 saturated carbocycles. The number of aromatic nitrogens is 1. The van der Waals surface area contributed by atoms with Crippen LogP contribution in [0.1, 0.15) is 17.2 Å². The Morgan fingerprint density at radius 2 is 1.83 bits per heavy atom. The molecule has 2 aromatic carbocycles. The molecule has 1 aromatic heterocycles. The van der Waals surface area contributed by atoms with E-state index in [1.54, 1.807) is 0 Å². The maximum atomic E-state index is 12.2. The standard InChI is InChI=1S/C19H18N2O3/c1-24-19(23)17(13-7-3-2-4-8-13)20-12-15-11-14-9-5-6-10-16(14)21-18(15)22/h2-11,17,20H,12H2,1H3,(H,21,22)/t17-/m1/s1. The van der Waals surface area contributed by atoms with Gasteiger partial charge in [-0.3, -0.25) is 10.1 Å². The zero-order chi connectivity index (χ0) is 16.9. The van der Waals surface area contributed by atoms with Gasteiger partial charge in [0.2, 0.25) is 0 Å². The number of hydrogen-bond donors (Lipinski definition) is 2. The lowest BCUT2D eigenvalue weighted by Crippen LogP contribution is -2.31. The topological polar surface area (TPSA) is 71.2 Å². The molecule has 0 fully saturated rings. The number of benzene rings is 2. The van der Waals surface area contributed by atoms with E-state index in [-0.39, 0.29) is 12.1 Å². The Bertz CT molecular complexity index is 903. The average molecular weight is 322 g/mol. The molecular weight excluding hydrogens is 304 g/mol. The fourth-order valence-electron chi connectivity index (χ4n) is 2.64. The van der Waals surface area contributed by atoms with Crippen molar-refractivity contribution in [3.05, 3.63) is 82.1 Å². The van der Waals surface area contributed by atoms with Gasteiger partial charge in [-0.15, -0.1) is 0 Å². The highest BCUT2D eigenvalue weighted by Gasteiger charge is 2.21. The van der Waals surface area contributed by atoms with E-state index in [1.165, 1.54) is 7.11 Å². The van der Waals surface area contributed by atoms with Crippen molar-refractivity contribution < 1.29 is 9.53 Å². The summed E-state index contributed by atoms with van der Waals surface area (Å²) in [5, 5.41) is 4.06. The van der Waals surface area contributed by atoms with E-state index in [4.69, 9.17) is 4.74 Å². The summed E-state index contributed by atoms with van der Waals surface area (Å²) in [6.45, 7) is 0.259. The van der Waals surface area contributed by atoms with Gasteiger partial charge in [0.05, 0.1) is 7.11 Å². The van der Waals surface area contributed by atoms with Gasteiger partial charge in [0.25, 0.3) is 5.56 Å². The lowest BCUT2D eigenvalue weighted by atomic mass is 10.1. The summed E-state index contributed by atoms with van der Waals surface area (Å²) in [4.78, 5) is 27.1. The van der Waals surface area contributed by atoms with Crippen LogP contribution in [0.4, 0.5) is 0 Å². The summed E-state index contributed by atoms with van der Waals surface area (Å²) in [5.41, 5.74) is 1.98. The van der Waals surface area contributed by atoms with Crippen LogP contribution in [0.2, 0.25) is 0 Å². The summed E-state index contributed by atoms with van der Waals surface area (Å²) in [6.07, 6.45) is 0. The lowest BCUT2D eigenvalue weighted by molar-refractivity contribution is -0.143. The molecule has 0 amide bonds. The number of ether oxygens (including phenoxy) is 1. The Morgan fingerprint density at radius 3 is 2.58 bits per heavy atom. The van der Waals surface area contributed by atoms with Gasteiger partial charge >= 0.3 is 5.97 Å². The van der Waals surface area contributed by atoms with Crippen LogP contribution in [0.5, 0.6) is 0 Å². The molecule has 2 N–H and O–H groups in total. The third kappa shape index (κ3) is 3.36. The first-order valence-corrected chi connectivity index (χ1v) is 7.66. The van der Waals surface area contributed by atoms with Gasteiger partial charge in [0, 0.05) is 17.6 Å². The SMILES string of the molecule is COC(=O)[C@H](NCc1cc2ccccc2[nH]c1=O)c1ccccc1. The number of rotatable bonds is 5. The molecule has 0 aliphatic carbocycles. The summed E-state index contributed by atoms with van der Waals surface area (Å²) in [6, 6.07) is 18.1. The number of carbonyl (C=O) groups is 1. The Morgan fingerprint density at radius 1 is 1.12 bits per heavy atom. The quantitative estimate of drug-likeness (QED) is 0.708. The maximum absolute atomic E-state index is 12.2. The predicted molar refractivity (Wildman–Crippen MR) is 92.6 cm³/mol. The smallest absolute Gasteiger partial charge is 0.327 e. The molecule has 0 radical (unpaired) electrons. The Hall–Kier alpha value is -2.92. The second-order valence-corrected chi connectivity index (χ2v) is 5.46. The van der Waals surface area contributed by atoms with Crippen LogP contribution in [-0.2, 0) is 16.1 Å². The number of aromatic amines is 1. The highest BCUT2D eigenvalue weighted by atomic mass is 16.5. The van der Waals surface area contributed by atoms with Crippen molar-refractivity contribution in [1.82, 2.24) is 10.3 Å². The van der Waals surface area contributed by atoms with Crippen molar-refractivity contribution in [2.24, 2.45) is 0 Å². The molecule has 24 heavy (non-hydrogen) atoms. The monoisotopic (exact) mass is 322 g/mol. The molecular formula is C19H18N2O3. The van der Waals surface area contributed by atoms with Crippen molar-refractivity contribution >= 4 is 16.9 Å². The van der Waals surface area contributed by atoms with Crippen molar-refractivity contribution in [3.63, 3.8) is 0 Å². The average Bonchev–Trinajstić information content (AvgIpc) is 2.62. The molecule has 0 aliphatic heterocycles. The minimum Gasteiger partial charge on any atom is -0.468 e. The van der Waals surface area contributed by atoms with Gasteiger partial charge in [0.1, 0.15) is 6.04 Å². The van der Waals surface area contributed by atoms with Crippen molar-refractivity contribution in [1.29, 1.82) is 0 Å². The summed E-state index contributed by atoms with van der Waals surface area (Å²) >= 11 is 0. The van der Waals surface area contributed by atoms with E-state index < -0.39 is 12.0 Å². The van der Waals surface area contributed by atoms with Gasteiger partial charge in [-0.2, -0.15) is 0 Å². The van der Waals surface area contributed by atoms with Crippen LogP contribution >= 0.6 is 0 Å². The van der Waals surface area contributed by atoms with Crippen molar-refractivity contribution in [2.45, 2.75) is 12.6 Å². The molecule has 5 heteroatoms. The van der Waals surface area contributed by atoms with Gasteiger partial charge in [0.15, 0.2) is 0 Å². The molecule has 3 aromatic rings. The molecule has 5 nitrogen and oxygen atoms in total. The predicted octanol–water partition coefficient (Wildman–Crippen LogP) is 2.53. The first-order valence-electron chi connectivity index (χ1n) is 7.66. The van der Waals surface area contributed by atoms with Gasteiger partial charge in [-0.1, -0.05) is 48.5 Å². The second-order valence-electron chi connectivity index (χ2n) is 5.46. The Kier molecular flexibility index (Phi) is 4.72. The first kappa shape index (κ1) is 16.0. The van der Waals surface area contributed by atoms with E-state index in [9.17, 15) is 9.59 Å². The van der Waals surface area contributed by atoms with Gasteiger partial charge in [-0.25, -0.2) is 4.79 Å². The van der Waals surface area contributed by atoms with E-state index in [1.807, 2.05) is 60.7 Å². The van der Waals surface area contributed by atoms with E-state index in [0.717, 1.165) is 16.5 Å². The second kappa shape index (κ2) is 7.10. The fraction of sp³-hybridized carbons (Fsp3) is 0.158. The third-order valence-electron chi connectivity index (χ3n) is 3.90. The molecule has 0 bridgehead atoms. The number of fused-ring (bicyclic) bond motifs is 1. The molecule has 1 heterocycles. The largest absolute Gasteiger partial charge is 0.468 e. The van der Waals surface area contributed by atoms with E-state index in [0.29, 0.717) is 5.56 Å². The van der Waals surface area contributed by atoms with Crippen LogP contribution in [0.3, 0.4) is 0 Å². The number of carbonyl (C=O) groups excluding carboxylic acids is 1. The lowest BCUT2D eigenvalue weighted by Gasteiger charge is -2.16. The molecule has 3 rings (SSSR count). The zero-order valence-electron chi connectivity index (χ0n) is 13.3. The zero-order valence-corrected chi connectivity index (χ0v) is 13.3. The van der Waals surface area contributed by atoms with Crippen molar-refractivity contribution in [2.75, 3.05) is 7.11 Å². The maximum Gasteiger partial charge on any atom is 0.327 e. The molecule has 0 unspecified atom stereocenters. The Balaban J connectivity index is 1.86. The number of nitrogens with one attached hydrogen (secondary N) is 2. The highest BCUT2D eigenvalue weighted by Crippen LogP contribution is 2.15. The normalized spacial score (nSPS) is 12.0. The summed E-state index contributed by atoms with van der Waals surface area (Å²) in [5.74, 6) is -0.390. The highest BCUT2D eigenvalue weighted by molar-refractivity contribution is 5.79. The Labute approximate surface area is 139 Å². The van der Waals surface area contributed by atoms with Crippen LogP contribution in [0, 0.1) is 0 Å². The first-order chi connectivity index (χ1) is 11.7. The number of para-hydroxylation sites is 1. The van der Waals surface area contributed by atoms with Crippen LogP contribution < -0.4 is 10.9 Å². The molecule has 0 spiro atoms. The van der Waals surface area contributed by atoms with Crippen LogP contribution in [-0.4, -0.2) is 18.1 Å². The molecule has 0 aliphatic rings. The minimum atomic E-state index is -0.623.